The van der Waals surface area contributed by atoms with Crippen LogP contribution in [0.4, 0.5) is 0 Å². The normalized spacial score (nSPS) is 22.2. The van der Waals surface area contributed by atoms with E-state index in [-0.39, 0.29) is 17.1 Å². The lowest BCUT2D eigenvalue weighted by Crippen LogP contribution is -2.32. The molecule has 8 nitrogen and oxygen atoms in total. The maximum Gasteiger partial charge on any atom is 0.250 e. The molecule has 0 radical (unpaired) electrons. The van der Waals surface area contributed by atoms with Crippen molar-refractivity contribution in [3.05, 3.63) is 57.1 Å². The number of aromatic amines is 2. The van der Waals surface area contributed by atoms with Crippen molar-refractivity contribution in [2.75, 3.05) is 27.9 Å². The van der Waals surface area contributed by atoms with Crippen molar-refractivity contribution in [1.29, 1.82) is 0 Å². The number of rotatable bonds is 5. The molecule has 0 bridgehead atoms. The number of carbonyl (C=O) groups is 2. The Morgan fingerprint density at radius 3 is 2.66 bits per heavy atom. The zero-order chi connectivity index (χ0) is 24.6. The summed E-state index contributed by atoms with van der Waals surface area (Å²) in [6.07, 6.45) is 5.87. The van der Waals surface area contributed by atoms with Crippen LogP contribution in [-0.4, -0.2) is 54.4 Å². The Morgan fingerprint density at radius 2 is 1.94 bits per heavy atom. The number of methoxy groups -OCH3 is 3. The van der Waals surface area contributed by atoms with Crippen LogP contribution < -0.4 is 14.2 Å². The largest absolute Gasteiger partial charge is 0.493 e. The first kappa shape index (κ1) is 22.0. The van der Waals surface area contributed by atoms with Crippen LogP contribution >= 0.6 is 15.9 Å². The van der Waals surface area contributed by atoms with Gasteiger partial charge in [0.1, 0.15) is 0 Å². The minimum Gasteiger partial charge on any atom is -0.493 e. The van der Waals surface area contributed by atoms with Crippen molar-refractivity contribution in [2.45, 2.75) is 18.8 Å². The minimum atomic E-state index is -0.252. The van der Waals surface area contributed by atoms with Crippen molar-refractivity contribution < 1.29 is 23.8 Å². The number of H-pyrrole nitrogens is 2. The van der Waals surface area contributed by atoms with Gasteiger partial charge in [0, 0.05) is 56.6 Å². The topological polar surface area (TPSA) is 96.7 Å². The number of halogens is 1. The summed E-state index contributed by atoms with van der Waals surface area (Å²) in [6.45, 7) is 2.55. The van der Waals surface area contributed by atoms with Gasteiger partial charge in [0.25, 0.3) is 5.91 Å². The fourth-order valence-corrected chi connectivity index (χ4v) is 6.43. The van der Waals surface area contributed by atoms with Gasteiger partial charge in [0.2, 0.25) is 11.5 Å². The highest BCUT2D eigenvalue weighted by molar-refractivity contribution is 9.10. The minimum absolute atomic E-state index is 0.0886. The maximum atomic E-state index is 13.3. The Hall–Kier alpha value is -3.46. The predicted octanol–water partition coefficient (Wildman–Crippen LogP) is 4.49. The van der Waals surface area contributed by atoms with Gasteiger partial charge in [0.15, 0.2) is 11.5 Å². The fourth-order valence-electron chi connectivity index (χ4n) is 5.78. The van der Waals surface area contributed by atoms with E-state index in [1.165, 1.54) is 0 Å². The number of fused-ring (bicyclic) bond motifs is 2. The summed E-state index contributed by atoms with van der Waals surface area (Å²) in [7, 11) is 4.70. The number of likely N-dealkylation sites (tertiary alicyclic amines) is 1. The third-order valence-electron chi connectivity index (χ3n) is 7.44. The lowest BCUT2D eigenvalue weighted by atomic mass is 9.85. The number of ketones is 1. The molecular weight excluding hydrogens is 514 g/mol. The molecule has 9 heteroatoms. The van der Waals surface area contributed by atoms with E-state index in [0.29, 0.717) is 35.4 Å². The number of piperidine rings is 1. The average Bonchev–Trinajstić information content (AvgIpc) is 3.10. The monoisotopic (exact) mass is 537 g/mol. The van der Waals surface area contributed by atoms with Crippen LogP contribution in [0.1, 0.15) is 33.9 Å². The molecule has 180 valence electrons. The molecule has 2 atom stereocenters. The van der Waals surface area contributed by atoms with Crippen LogP contribution in [0.15, 0.2) is 34.5 Å². The Labute approximate surface area is 210 Å². The lowest BCUT2D eigenvalue weighted by Gasteiger charge is -2.27. The number of amides is 1. The molecule has 2 N–H and O–H groups in total. The molecule has 1 saturated heterocycles. The van der Waals surface area contributed by atoms with Gasteiger partial charge in [-0.25, -0.2) is 0 Å². The standard InChI is InChI=1S/C26H24BrN3O5/c1-12-21(27)20-23(28-12)16(31)9-18-26(20)10-14(26)11-30(18)19(32)6-5-15-7-13-8-17(33-2)24(34-3)25(35-4)22(13)29-15/h5-9,14,28-29H,10-11H2,1-4H3/b6-5+/t14-,26+/m1/s1. The van der Waals surface area contributed by atoms with Crippen LogP contribution in [0.5, 0.6) is 17.2 Å². The van der Waals surface area contributed by atoms with Crippen LogP contribution in [0.25, 0.3) is 17.0 Å². The summed E-state index contributed by atoms with van der Waals surface area (Å²) in [5.74, 6) is 1.67. The summed E-state index contributed by atoms with van der Waals surface area (Å²) >= 11 is 3.67. The van der Waals surface area contributed by atoms with Crippen molar-refractivity contribution in [2.24, 2.45) is 5.92 Å². The van der Waals surface area contributed by atoms with E-state index in [4.69, 9.17) is 14.2 Å². The van der Waals surface area contributed by atoms with Gasteiger partial charge < -0.3 is 29.1 Å². The van der Waals surface area contributed by atoms with E-state index in [1.807, 2.05) is 19.1 Å². The maximum absolute atomic E-state index is 13.3. The van der Waals surface area contributed by atoms with Crippen molar-refractivity contribution in [1.82, 2.24) is 14.9 Å². The van der Waals surface area contributed by atoms with Gasteiger partial charge in [-0.3, -0.25) is 9.59 Å². The number of aromatic nitrogens is 2. The molecule has 3 aromatic rings. The highest BCUT2D eigenvalue weighted by Gasteiger charge is 2.68. The SMILES string of the molecule is COc1cc2cc(/C=C/C(=O)N3C[C@H]4C[C@@]45C3=CC(=O)c3[nH]c(C)c(Br)c35)[nH]c2c(OC)c1OC. The third-order valence-corrected chi connectivity index (χ3v) is 8.43. The van der Waals surface area contributed by atoms with Gasteiger partial charge >= 0.3 is 0 Å². The molecular formula is C26H24BrN3O5. The van der Waals surface area contributed by atoms with Crippen LogP contribution in [0.2, 0.25) is 0 Å². The summed E-state index contributed by atoms with van der Waals surface area (Å²) in [5.41, 5.74) is 4.63. The predicted molar refractivity (Wildman–Crippen MR) is 134 cm³/mol. The molecule has 1 spiro atoms. The molecule has 6 rings (SSSR count). The van der Waals surface area contributed by atoms with Gasteiger partial charge in [-0.2, -0.15) is 0 Å². The van der Waals surface area contributed by atoms with E-state index in [9.17, 15) is 9.59 Å². The van der Waals surface area contributed by atoms with E-state index in [2.05, 4.69) is 25.9 Å². The highest BCUT2D eigenvalue weighted by Crippen LogP contribution is 2.68. The zero-order valence-corrected chi connectivity index (χ0v) is 21.3. The quantitative estimate of drug-likeness (QED) is 0.467. The number of nitrogens with one attached hydrogen (secondary N) is 2. The number of nitrogens with zero attached hydrogens (tertiary/aromatic N) is 1. The molecule has 3 heterocycles. The molecule has 3 aliphatic rings. The van der Waals surface area contributed by atoms with Gasteiger partial charge in [-0.05, 0) is 53.4 Å². The Balaban J connectivity index is 1.31. The number of benzene rings is 1. The van der Waals surface area contributed by atoms with E-state index < -0.39 is 0 Å². The Kier molecular flexibility index (Phi) is 4.73. The van der Waals surface area contributed by atoms with Gasteiger partial charge in [-0.1, -0.05) is 0 Å². The summed E-state index contributed by atoms with van der Waals surface area (Å²) < 4.78 is 17.4. The molecule has 1 aliphatic heterocycles. The Bertz CT molecular complexity index is 1500. The summed E-state index contributed by atoms with van der Waals surface area (Å²) in [6, 6.07) is 3.78. The zero-order valence-electron chi connectivity index (χ0n) is 19.7. The first-order valence-electron chi connectivity index (χ1n) is 11.3. The molecule has 2 fully saturated rings. The Morgan fingerprint density at radius 1 is 1.17 bits per heavy atom. The van der Waals surface area contributed by atoms with Crippen LogP contribution in [0, 0.1) is 12.8 Å². The molecule has 0 unspecified atom stereocenters. The van der Waals surface area contributed by atoms with Crippen LogP contribution in [0.3, 0.4) is 0 Å². The molecule has 1 saturated carbocycles. The van der Waals surface area contributed by atoms with Gasteiger partial charge in [0.05, 0.1) is 32.5 Å². The molecule has 2 aromatic heterocycles. The molecule has 1 amide bonds. The van der Waals surface area contributed by atoms with Crippen LogP contribution in [-0.2, 0) is 10.2 Å². The first-order chi connectivity index (χ1) is 16.8. The number of ether oxygens (including phenoxy) is 3. The van der Waals surface area contributed by atoms with Crippen molar-refractivity contribution in [3.8, 4) is 17.2 Å². The van der Waals surface area contributed by atoms with Gasteiger partial charge in [-0.15, -0.1) is 0 Å². The first-order valence-corrected chi connectivity index (χ1v) is 12.1. The lowest BCUT2D eigenvalue weighted by molar-refractivity contribution is -0.123. The van der Waals surface area contributed by atoms with E-state index in [0.717, 1.165) is 44.4 Å². The highest BCUT2D eigenvalue weighted by atomic mass is 79.9. The molecule has 2 aliphatic carbocycles. The number of carbonyl (C=O) groups excluding carboxylic acids is 2. The third kappa shape index (κ3) is 2.90. The number of aryl methyl sites for hydroxylation is 1. The summed E-state index contributed by atoms with van der Waals surface area (Å²) in [4.78, 5) is 34.4. The molecule has 35 heavy (non-hydrogen) atoms. The van der Waals surface area contributed by atoms with E-state index >= 15 is 0 Å². The van der Waals surface area contributed by atoms with E-state index in [1.54, 1.807) is 44.5 Å². The number of allylic oxidation sites excluding steroid dienone is 2. The second kappa shape index (κ2) is 7.52. The average molecular weight is 538 g/mol. The van der Waals surface area contributed by atoms with Crippen molar-refractivity contribution in [3.63, 3.8) is 0 Å². The molecule has 1 aromatic carbocycles. The summed E-state index contributed by atoms with van der Waals surface area (Å²) in [5, 5.41) is 0.869. The number of hydrogen-bond donors (Lipinski definition) is 2. The van der Waals surface area contributed by atoms with Crippen molar-refractivity contribution >= 4 is 44.6 Å². The number of hydrogen-bond acceptors (Lipinski definition) is 5. The second-order valence-electron chi connectivity index (χ2n) is 9.20. The fraction of sp³-hybridized carbons (Fsp3) is 0.308. The smallest absolute Gasteiger partial charge is 0.250 e. The second-order valence-corrected chi connectivity index (χ2v) is 9.99.